The van der Waals surface area contributed by atoms with Crippen molar-refractivity contribution in [1.29, 1.82) is 0 Å². The van der Waals surface area contributed by atoms with E-state index in [1.165, 1.54) is 6.33 Å². The van der Waals surface area contributed by atoms with Crippen molar-refractivity contribution in [3.8, 4) is 11.1 Å². The Hall–Kier alpha value is -2.47. The number of rotatable bonds is 2. The second-order valence-electron chi connectivity index (χ2n) is 8.88. The van der Waals surface area contributed by atoms with Gasteiger partial charge in [0, 0.05) is 30.5 Å². The van der Waals surface area contributed by atoms with Gasteiger partial charge in [0.25, 0.3) is 6.02 Å². The zero-order valence-corrected chi connectivity index (χ0v) is 17.1. The molecule has 0 amide bonds. The van der Waals surface area contributed by atoms with Crippen molar-refractivity contribution in [1.82, 2.24) is 9.97 Å². The minimum absolute atomic E-state index is 0.0835. The van der Waals surface area contributed by atoms with Crippen molar-refractivity contribution in [3.05, 3.63) is 48.0 Å². The average Bonchev–Trinajstić information content (AvgIpc) is 3.12. The average molecular weight is 395 g/mol. The largest absolute Gasteiger partial charge is 0.462 e. The summed E-state index contributed by atoms with van der Waals surface area (Å²) in [4.78, 5) is 13.0. The number of amidine groups is 1. The maximum absolute atomic E-state index is 8.95. The summed E-state index contributed by atoms with van der Waals surface area (Å²) in [5.74, 6) is 0.518. The summed E-state index contributed by atoms with van der Waals surface area (Å²) in [5, 5.41) is 0. The van der Waals surface area contributed by atoms with Gasteiger partial charge in [-0.3, -0.25) is 0 Å². The number of hydrogen-bond donors (Lipinski definition) is 1. The van der Waals surface area contributed by atoms with E-state index in [1.807, 2.05) is 6.07 Å². The van der Waals surface area contributed by atoms with Crippen LogP contribution in [0.1, 0.15) is 40.6 Å². The van der Waals surface area contributed by atoms with Gasteiger partial charge in [0.1, 0.15) is 18.4 Å². The first-order chi connectivity index (χ1) is 14.7. The van der Waals surface area contributed by atoms with Crippen LogP contribution in [0.25, 0.3) is 11.1 Å². The predicted molar refractivity (Wildman–Crippen MR) is 111 cm³/mol. The Morgan fingerprint density at radius 1 is 1.17 bits per heavy atom. The van der Waals surface area contributed by atoms with Crippen molar-refractivity contribution in [2.75, 3.05) is 13.7 Å². The third kappa shape index (κ3) is 2.61. The van der Waals surface area contributed by atoms with Gasteiger partial charge in [-0.05, 0) is 53.9 Å². The number of fused-ring (bicyclic) bond motifs is 3. The third-order valence-corrected chi connectivity index (χ3v) is 7.09. The first kappa shape index (κ1) is 16.3. The van der Waals surface area contributed by atoms with E-state index in [-0.39, 0.29) is 24.0 Å². The van der Waals surface area contributed by atoms with Crippen molar-refractivity contribution in [2.24, 2.45) is 28.0 Å². The number of ether oxygens (including phenoxy) is 2. The minimum atomic E-state index is -2.05. The second-order valence-corrected chi connectivity index (χ2v) is 8.88. The molecule has 3 unspecified atom stereocenters. The maximum atomic E-state index is 8.95. The molecule has 0 saturated heterocycles. The number of aromatic nitrogens is 2. The van der Waals surface area contributed by atoms with Crippen LogP contribution < -0.4 is 5.73 Å². The summed E-state index contributed by atoms with van der Waals surface area (Å²) in [6.07, 6.45) is 7.46. The molecule has 6 heteroatoms. The lowest BCUT2D eigenvalue weighted by atomic mass is 9.57. The molecule has 2 heterocycles. The smallest absolute Gasteiger partial charge is 0.283 e. The molecular weight excluding hydrogens is 364 g/mol. The van der Waals surface area contributed by atoms with Crippen molar-refractivity contribution in [2.45, 2.75) is 44.8 Å². The van der Waals surface area contributed by atoms with Gasteiger partial charge >= 0.3 is 0 Å². The van der Waals surface area contributed by atoms with Crippen LogP contribution in [0.15, 0.2) is 41.9 Å². The number of nitrogens with zero attached hydrogens (tertiary/aromatic N) is 3. The molecule has 1 aromatic carbocycles. The van der Waals surface area contributed by atoms with Gasteiger partial charge in [-0.15, -0.1) is 0 Å². The van der Waals surface area contributed by atoms with Crippen molar-refractivity contribution < 1.29 is 12.2 Å². The summed E-state index contributed by atoms with van der Waals surface area (Å²) >= 11 is 0. The standard InChI is InChI=1S/C23H28N4O2/c1-14-7-22(8-15(2)20(14)28-3)9-17-5-4-16(18-10-25-13-26-11-18)6-19(17)23(22)12-29-21(24)27-23/h4-6,10-11,13-15,20H,7-9,12H2,1-3H3,(H2,24,27)/t14-,15+,20?,22?,23?/i12D2. The van der Waals surface area contributed by atoms with Crippen LogP contribution in [-0.2, 0) is 21.4 Å². The molecule has 0 bridgehead atoms. The molecule has 29 heavy (non-hydrogen) atoms. The van der Waals surface area contributed by atoms with Crippen LogP contribution in [0.2, 0.25) is 0 Å². The normalized spacial score (nSPS) is 38.3. The zero-order valence-electron chi connectivity index (χ0n) is 19.1. The zero-order chi connectivity index (χ0) is 22.0. The highest BCUT2D eigenvalue weighted by Crippen LogP contribution is 2.63. The Morgan fingerprint density at radius 2 is 1.90 bits per heavy atom. The molecule has 5 atom stereocenters. The van der Waals surface area contributed by atoms with E-state index in [0.717, 1.165) is 41.5 Å². The molecule has 2 N–H and O–H groups in total. The highest BCUT2D eigenvalue weighted by molar-refractivity contribution is 5.76. The van der Waals surface area contributed by atoms with Crippen LogP contribution in [0.5, 0.6) is 0 Å². The van der Waals surface area contributed by atoms with E-state index in [9.17, 15) is 0 Å². The molecule has 2 spiro atoms. The summed E-state index contributed by atoms with van der Waals surface area (Å²) in [6.45, 7) is 2.33. The Bertz CT molecular complexity index is 1030. The number of nitrogens with two attached hydrogens (primary N) is 1. The van der Waals surface area contributed by atoms with Gasteiger partial charge in [-0.25, -0.2) is 15.0 Å². The van der Waals surface area contributed by atoms with Crippen LogP contribution in [0.3, 0.4) is 0 Å². The molecule has 1 saturated carbocycles. The summed E-state index contributed by atoms with van der Waals surface area (Å²) in [7, 11) is 1.76. The molecule has 1 aromatic heterocycles. The molecule has 3 aliphatic rings. The van der Waals surface area contributed by atoms with Crippen LogP contribution in [0.4, 0.5) is 0 Å². The fraction of sp³-hybridized carbons (Fsp3) is 0.522. The van der Waals surface area contributed by atoms with Gasteiger partial charge < -0.3 is 15.2 Å². The van der Waals surface area contributed by atoms with Crippen LogP contribution >= 0.6 is 0 Å². The molecule has 2 aromatic rings. The molecule has 0 radical (unpaired) electrons. The number of methoxy groups -OCH3 is 1. The quantitative estimate of drug-likeness (QED) is 0.845. The van der Waals surface area contributed by atoms with Gasteiger partial charge in [0.15, 0.2) is 0 Å². The molecule has 1 aliphatic heterocycles. The lowest BCUT2D eigenvalue weighted by Crippen LogP contribution is -2.51. The Balaban J connectivity index is 1.71. The lowest BCUT2D eigenvalue weighted by Gasteiger charge is -2.50. The van der Waals surface area contributed by atoms with Gasteiger partial charge in [-0.1, -0.05) is 26.0 Å². The topological polar surface area (TPSA) is 82.6 Å². The van der Waals surface area contributed by atoms with Crippen LogP contribution in [-0.4, -0.2) is 35.8 Å². The number of hydrogen-bond acceptors (Lipinski definition) is 6. The first-order valence-corrected chi connectivity index (χ1v) is 10.2. The maximum Gasteiger partial charge on any atom is 0.283 e. The monoisotopic (exact) mass is 394 g/mol. The lowest BCUT2D eigenvalue weighted by molar-refractivity contribution is -0.0779. The van der Waals surface area contributed by atoms with Gasteiger partial charge in [0.05, 0.1) is 8.85 Å². The van der Waals surface area contributed by atoms with E-state index in [0.29, 0.717) is 0 Å². The van der Waals surface area contributed by atoms with Gasteiger partial charge in [0.2, 0.25) is 0 Å². The highest BCUT2D eigenvalue weighted by atomic mass is 16.5. The molecule has 6 nitrogen and oxygen atoms in total. The minimum Gasteiger partial charge on any atom is -0.462 e. The third-order valence-electron chi connectivity index (χ3n) is 7.09. The molecule has 152 valence electrons. The van der Waals surface area contributed by atoms with Gasteiger partial charge in [-0.2, -0.15) is 0 Å². The summed E-state index contributed by atoms with van der Waals surface area (Å²) < 4.78 is 29.2. The van der Waals surface area contributed by atoms with E-state index in [2.05, 4.69) is 35.9 Å². The summed E-state index contributed by atoms with van der Waals surface area (Å²) in [5.41, 5.74) is 8.14. The van der Waals surface area contributed by atoms with E-state index >= 15 is 0 Å². The SMILES string of the molecule is [2H]C1([2H])OC(N)=NC12c1cc(-c3cncnc3)ccc1CC21C[C@@H](C)C(OC)[C@@H](C)C1. The highest BCUT2D eigenvalue weighted by Gasteiger charge is 2.63. The van der Waals surface area contributed by atoms with Crippen LogP contribution in [0, 0.1) is 17.3 Å². The van der Waals surface area contributed by atoms with Crippen molar-refractivity contribution in [3.63, 3.8) is 0 Å². The Morgan fingerprint density at radius 3 is 2.52 bits per heavy atom. The fourth-order valence-electron chi connectivity index (χ4n) is 6.17. The Labute approximate surface area is 174 Å². The predicted octanol–water partition coefficient (Wildman–Crippen LogP) is 3.31. The molecule has 5 rings (SSSR count). The first-order valence-electron chi connectivity index (χ1n) is 11.2. The van der Waals surface area contributed by atoms with E-state index in [4.69, 9.17) is 22.9 Å². The Kier molecular flexibility index (Phi) is 3.68. The molecular formula is C23H28N4O2. The molecule has 1 fully saturated rings. The fourth-order valence-corrected chi connectivity index (χ4v) is 6.17. The second kappa shape index (κ2) is 6.52. The van der Waals surface area contributed by atoms with E-state index < -0.39 is 17.5 Å². The number of benzene rings is 1. The van der Waals surface area contributed by atoms with E-state index in [1.54, 1.807) is 19.5 Å². The number of aliphatic imine (C=N–C) groups is 1. The van der Waals surface area contributed by atoms with Crippen molar-refractivity contribution >= 4 is 6.02 Å². The molecule has 2 aliphatic carbocycles. The summed E-state index contributed by atoms with van der Waals surface area (Å²) in [6, 6.07) is 6.09.